The lowest BCUT2D eigenvalue weighted by molar-refractivity contribution is -0.120. The lowest BCUT2D eigenvalue weighted by Gasteiger charge is -2.19. The molecule has 3 N–H and O–H groups in total. The van der Waals surface area contributed by atoms with Crippen LogP contribution in [0.1, 0.15) is 32.1 Å². The van der Waals surface area contributed by atoms with E-state index in [1.165, 1.54) is 0 Å². The van der Waals surface area contributed by atoms with E-state index in [4.69, 9.17) is 5.14 Å². The van der Waals surface area contributed by atoms with Crippen molar-refractivity contribution >= 4 is 32.4 Å². The first-order valence-corrected chi connectivity index (χ1v) is 8.00. The predicted octanol–water partition coefficient (Wildman–Crippen LogP) is 0.704. The zero-order valence-electron chi connectivity index (χ0n) is 9.63. The lowest BCUT2D eigenvalue weighted by atomic mass is 9.89. The third-order valence-electron chi connectivity index (χ3n) is 2.86. The molecule has 1 aliphatic carbocycles. The van der Waals surface area contributed by atoms with Crippen LogP contribution in [0.5, 0.6) is 0 Å². The number of hydrogen-bond donors (Lipinski definition) is 2. The number of nitrogens with zero attached hydrogens (tertiary/aromatic N) is 2. The van der Waals surface area contributed by atoms with Gasteiger partial charge in [-0.05, 0) is 12.8 Å². The summed E-state index contributed by atoms with van der Waals surface area (Å²) in [5.41, 5.74) is 0. The second kappa shape index (κ2) is 5.29. The number of nitrogens with two attached hydrogens (primary N) is 1. The number of carbonyl (C=O) groups is 1. The van der Waals surface area contributed by atoms with Gasteiger partial charge in [0.2, 0.25) is 15.4 Å². The highest BCUT2D eigenvalue weighted by molar-refractivity contribution is 7.91. The molecular formula is C9H14N4O3S2. The SMILES string of the molecule is NS(=O)(=O)c1nnc(NC(=O)C2CCCCC2)s1. The summed E-state index contributed by atoms with van der Waals surface area (Å²) >= 11 is 0.765. The van der Waals surface area contributed by atoms with Crippen molar-refractivity contribution in [1.29, 1.82) is 0 Å². The van der Waals surface area contributed by atoms with Crippen molar-refractivity contribution in [2.75, 3.05) is 5.32 Å². The van der Waals surface area contributed by atoms with Crippen molar-refractivity contribution in [3.8, 4) is 0 Å². The molecule has 0 bridgehead atoms. The first-order valence-electron chi connectivity index (χ1n) is 5.64. The van der Waals surface area contributed by atoms with Gasteiger partial charge in [0.1, 0.15) is 0 Å². The highest BCUT2D eigenvalue weighted by Gasteiger charge is 2.23. The second-order valence-electron chi connectivity index (χ2n) is 4.24. The number of anilines is 1. The van der Waals surface area contributed by atoms with Gasteiger partial charge in [-0.1, -0.05) is 30.6 Å². The van der Waals surface area contributed by atoms with Crippen LogP contribution in [0.25, 0.3) is 0 Å². The zero-order valence-corrected chi connectivity index (χ0v) is 11.3. The topological polar surface area (TPSA) is 115 Å². The number of sulfonamides is 1. The molecule has 0 unspecified atom stereocenters. The van der Waals surface area contributed by atoms with Crippen LogP contribution < -0.4 is 10.5 Å². The quantitative estimate of drug-likeness (QED) is 0.795. The van der Waals surface area contributed by atoms with Crippen molar-refractivity contribution in [1.82, 2.24) is 10.2 Å². The largest absolute Gasteiger partial charge is 0.300 e. The minimum atomic E-state index is -3.85. The summed E-state index contributed by atoms with van der Waals surface area (Å²) in [5, 5.41) is 14.7. The Hall–Kier alpha value is -1.06. The summed E-state index contributed by atoms with van der Waals surface area (Å²) in [6, 6.07) is 0. The van der Waals surface area contributed by atoms with Gasteiger partial charge < -0.3 is 5.32 Å². The summed E-state index contributed by atoms with van der Waals surface area (Å²) in [6.07, 6.45) is 5.00. The summed E-state index contributed by atoms with van der Waals surface area (Å²) in [4.78, 5) is 11.9. The molecule has 2 rings (SSSR count). The number of nitrogens with one attached hydrogen (secondary N) is 1. The van der Waals surface area contributed by atoms with E-state index in [1.54, 1.807) is 0 Å². The molecule has 0 atom stereocenters. The minimum absolute atomic E-state index is 0.0133. The molecule has 0 saturated heterocycles. The Bertz CT molecular complexity index is 534. The molecule has 0 aliphatic heterocycles. The van der Waals surface area contributed by atoms with Crippen LogP contribution in [-0.2, 0) is 14.8 Å². The molecule has 1 aliphatic rings. The molecule has 100 valence electrons. The van der Waals surface area contributed by atoms with E-state index in [1.807, 2.05) is 0 Å². The Labute approximate surface area is 109 Å². The predicted molar refractivity (Wildman–Crippen MR) is 66.5 cm³/mol. The summed E-state index contributed by atoms with van der Waals surface area (Å²) in [7, 11) is -3.85. The maximum absolute atomic E-state index is 11.9. The number of hydrogen-bond acceptors (Lipinski definition) is 6. The first-order chi connectivity index (χ1) is 8.47. The Morgan fingerprint density at radius 2 is 1.94 bits per heavy atom. The number of amides is 1. The molecule has 0 spiro atoms. The van der Waals surface area contributed by atoms with Gasteiger partial charge in [0, 0.05) is 5.92 Å². The average Bonchev–Trinajstić information content (AvgIpc) is 2.78. The molecule has 1 fully saturated rings. The molecule has 7 nitrogen and oxygen atoms in total. The van der Waals surface area contributed by atoms with E-state index < -0.39 is 10.0 Å². The van der Waals surface area contributed by atoms with Crippen LogP contribution >= 0.6 is 11.3 Å². The number of aromatic nitrogens is 2. The molecule has 18 heavy (non-hydrogen) atoms. The van der Waals surface area contributed by atoms with Crippen molar-refractivity contribution < 1.29 is 13.2 Å². The molecule has 1 saturated carbocycles. The number of rotatable bonds is 3. The molecule has 0 radical (unpaired) electrons. The van der Waals surface area contributed by atoms with Crippen LogP contribution in [0.2, 0.25) is 0 Å². The molecule has 9 heteroatoms. The Morgan fingerprint density at radius 3 is 2.50 bits per heavy atom. The smallest absolute Gasteiger partial charge is 0.267 e. The van der Waals surface area contributed by atoms with E-state index in [0.29, 0.717) is 0 Å². The fraction of sp³-hybridized carbons (Fsp3) is 0.667. The van der Waals surface area contributed by atoms with Gasteiger partial charge in [0.25, 0.3) is 10.0 Å². The fourth-order valence-electron chi connectivity index (χ4n) is 1.95. The van der Waals surface area contributed by atoms with Gasteiger partial charge in [0.15, 0.2) is 0 Å². The van der Waals surface area contributed by atoms with Crippen LogP contribution in [0.4, 0.5) is 5.13 Å². The maximum Gasteiger partial charge on any atom is 0.267 e. The molecule has 1 amide bonds. The van der Waals surface area contributed by atoms with E-state index in [0.717, 1.165) is 43.4 Å². The Balaban J connectivity index is 2.01. The standard InChI is InChI=1S/C9H14N4O3S2/c10-18(15,16)9-13-12-8(17-9)11-7(14)6-4-2-1-3-5-6/h6H,1-5H2,(H2,10,15,16)(H,11,12,14). The van der Waals surface area contributed by atoms with Gasteiger partial charge in [-0.25, -0.2) is 13.6 Å². The van der Waals surface area contributed by atoms with E-state index in [2.05, 4.69) is 15.5 Å². The third kappa shape index (κ3) is 3.24. The molecule has 0 aromatic carbocycles. The third-order valence-corrected chi connectivity index (χ3v) is 5.00. The highest BCUT2D eigenvalue weighted by atomic mass is 32.2. The van der Waals surface area contributed by atoms with Crippen molar-refractivity contribution in [2.24, 2.45) is 11.1 Å². The fourth-order valence-corrected chi connectivity index (χ4v) is 3.28. The van der Waals surface area contributed by atoms with Crippen LogP contribution in [0.15, 0.2) is 4.34 Å². The van der Waals surface area contributed by atoms with Crippen LogP contribution in [0.3, 0.4) is 0 Å². The van der Waals surface area contributed by atoms with Gasteiger partial charge in [0.05, 0.1) is 0 Å². The van der Waals surface area contributed by atoms with Gasteiger partial charge in [-0.2, -0.15) is 0 Å². The van der Waals surface area contributed by atoms with Crippen molar-refractivity contribution in [2.45, 2.75) is 36.4 Å². The maximum atomic E-state index is 11.9. The monoisotopic (exact) mass is 290 g/mol. The Morgan fingerprint density at radius 1 is 1.28 bits per heavy atom. The normalized spacial score (nSPS) is 17.6. The van der Waals surface area contributed by atoms with E-state index in [-0.39, 0.29) is 21.3 Å². The highest BCUT2D eigenvalue weighted by Crippen LogP contribution is 2.26. The molecule has 1 aromatic heterocycles. The van der Waals surface area contributed by atoms with Crippen LogP contribution in [0, 0.1) is 5.92 Å². The van der Waals surface area contributed by atoms with Gasteiger partial charge >= 0.3 is 0 Å². The summed E-state index contributed by atoms with van der Waals surface area (Å²) < 4.78 is 21.7. The zero-order chi connectivity index (χ0) is 13.2. The lowest BCUT2D eigenvalue weighted by Crippen LogP contribution is -2.24. The van der Waals surface area contributed by atoms with E-state index in [9.17, 15) is 13.2 Å². The van der Waals surface area contributed by atoms with Crippen molar-refractivity contribution in [3.05, 3.63) is 0 Å². The first kappa shape index (κ1) is 13.4. The molecular weight excluding hydrogens is 276 g/mol. The summed E-state index contributed by atoms with van der Waals surface area (Å²) in [6.45, 7) is 0. The summed E-state index contributed by atoms with van der Waals surface area (Å²) in [5.74, 6) is -0.132. The van der Waals surface area contributed by atoms with E-state index >= 15 is 0 Å². The van der Waals surface area contributed by atoms with Crippen molar-refractivity contribution in [3.63, 3.8) is 0 Å². The van der Waals surface area contributed by atoms with Crippen LogP contribution in [-0.4, -0.2) is 24.5 Å². The Kier molecular flexibility index (Phi) is 3.93. The number of primary sulfonamides is 1. The van der Waals surface area contributed by atoms with Gasteiger partial charge in [-0.15, -0.1) is 10.2 Å². The number of carbonyl (C=O) groups excluding carboxylic acids is 1. The molecule has 1 aromatic rings. The average molecular weight is 290 g/mol. The van der Waals surface area contributed by atoms with Gasteiger partial charge in [-0.3, -0.25) is 4.79 Å². The minimum Gasteiger partial charge on any atom is -0.300 e. The molecule has 1 heterocycles. The second-order valence-corrected chi connectivity index (χ2v) is 6.95.